The minimum atomic E-state index is -0.951. The van der Waals surface area contributed by atoms with Gasteiger partial charge in [0, 0.05) is 25.0 Å². The van der Waals surface area contributed by atoms with Gasteiger partial charge >= 0.3 is 12.0 Å². The van der Waals surface area contributed by atoms with E-state index in [1.54, 1.807) is 38.3 Å². The van der Waals surface area contributed by atoms with E-state index < -0.39 is 17.5 Å². The number of nitriles is 1. The molecular formula is C25H28N4O5. The lowest BCUT2D eigenvalue weighted by Gasteiger charge is -2.20. The number of carbonyl (C=O) groups excluding carboxylic acids is 3. The fourth-order valence-corrected chi connectivity index (χ4v) is 3.83. The number of hydrogen-bond donors (Lipinski definition) is 2. The maximum atomic E-state index is 12.6. The smallest absolute Gasteiger partial charge is 0.354 e. The third-order valence-corrected chi connectivity index (χ3v) is 5.94. The Balaban J connectivity index is 1.65. The number of aromatic nitrogens is 1. The van der Waals surface area contributed by atoms with Gasteiger partial charge in [-0.15, -0.1) is 0 Å². The highest BCUT2D eigenvalue weighted by Crippen LogP contribution is 2.22. The molecule has 0 spiro atoms. The van der Waals surface area contributed by atoms with Crippen molar-refractivity contribution in [2.24, 2.45) is 0 Å². The van der Waals surface area contributed by atoms with E-state index >= 15 is 0 Å². The van der Waals surface area contributed by atoms with E-state index in [1.807, 2.05) is 26.0 Å². The number of imide groups is 1. The first-order valence-electron chi connectivity index (χ1n) is 10.9. The molecule has 1 aliphatic heterocycles. The van der Waals surface area contributed by atoms with Crippen LogP contribution in [0.5, 0.6) is 5.75 Å². The topological polar surface area (TPSA) is 122 Å². The van der Waals surface area contributed by atoms with E-state index in [2.05, 4.69) is 15.2 Å². The Morgan fingerprint density at radius 1 is 1.24 bits per heavy atom. The maximum Gasteiger partial charge on any atom is 0.354 e. The first-order chi connectivity index (χ1) is 16.2. The number of aryl methyl sites for hydroxylation is 2. The van der Waals surface area contributed by atoms with Crippen LogP contribution in [-0.4, -0.2) is 41.7 Å². The van der Waals surface area contributed by atoms with Crippen molar-refractivity contribution in [2.45, 2.75) is 45.7 Å². The molecule has 0 saturated carbocycles. The summed E-state index contributed by atoms with van der Waals surface area (Å²) in [6.07, 6.45) is 2.50. The van der Waals surface area contributed by atoms with Crippen LogP contribution < -0.4 is 15.4 Å². The number of nitrogens with one attached hydrogen (secondary N) is 2. The van der Waals surface area contributed by atoms with E-state index in [1.165, 1.54) is 6.08 Å². The Labute approximate surface area is 198 Å². The molecule has 1 aliphatic rings. The van der Waals surface area contributed by atoms with Gasteiger partial charge in [0.2, 0.25) is 0 Å². The zero-order valence-corrected chi connectivity index (χ0v) is 19.7. The summed E-state index contributed by atoms with van der Waals surface area (Å²) in [5.74, 6) is -0.785. The van der Waals surface area contributed by atoms with Gasteiger partial charge in [0.15, 0.2) is 0 Å². The van der Waals surface area contributed by atoms with Gasteiger partial charge in [0.25, 0.3) is 5.91 Å². The van der Waals surface area contributed by atoms with Crippen LogP contribution in [0.4, 0.5) is 4.79 Å². The van der Waals surface area contributed by atoms with Crippen molar-refractivity contribution in [1.29, 1.82) is 5.26 Å². The molecule has 2 heterocycles. The SMILES string of the molecule is COCCn1c(C)cc(C=C(C#N)C(=O)Oc2ccc(CCC3(C)NC(=O)NC3=O)cc2)c1C. The van der Waals surface area contributed by atoms with Crippen LogP contribution in [0.25, 0.3) is 6.08 Å². The fourth-order valence-electron chi connectivity index (χ4n) is 3.83. The average molecular weight is 465 g/mol. The standard InChI is InChI=1S/C25H28N4O5/c1-16-13-19(17(2)29(16)11-12-33-4)14-20(15-26)22(30)34-21-7-5-18(6-8-21)9-10-25(3)23(31)27-24(32)28-25/h5-8,13-14H,9-12H2,1-4H3,(H2,27,28,31,32). The highest BCUT2D eigenvalue weighted by molar-refractivity contribution is 6.06. The van der Waals surface area contributed by atoms with Crippen molar-refractivity contribution >= 4 is 24.0 Å². The summed E-state index contributed by atoms with van der Waals surface area (Å²) < 4.78 is 12.6. The second-order valence-electron chi connectivity index (χ2n) is 8.41. The summed E-state index contributed by atoms with van der Waals surface area (Å²) >= 11 is 0. The molecule has 178 valence electrons. The van der Waals surface area contributed by atoms with Crippen molar-refractivity contribution in [2.75, 3.05) is 13.7 Å². The van der Waals surface area contributed by atoms with Crippen LogP contribution in [0.1, 0.15) is 35.9 Å². The Kier molecular flexibility index (Phi) is 7.54. The predicted octanol–water partition coefficient (Wildman–Crippen LogP) is 2.79. The number of nitrogens with zero attached hydrogens (tertiary/aromatic N) is 2. The normalized spacial score (nSPS) is 17.8. The molecule has 34 heavy (non-hydrogen) atoms. The molecule has 3 amide bonds. The van der Waals surface area contributed by atoms with Crippen LogP contribution in [0.2, 0.25) is 0 Å². The molecule has 1 aromatic carbocycles. The van der Waals surface area contributed by atoms with E-state index in [-0.39, 0.29) is 11.5 Å². The van der Waals surface area contributed by atoms with Crippen molar-refractivity contribution in [3.8, 4) is 11.8 Å². The predicted molar refractivity (Wildman–Crippen MR) is 125 cm³/mol. The zero-order chi connectivity index (χ0) is 24.9. The minimum absolute atomic E-state index is 0.105. The number of hydrogen-bond acceptors (Lipinski definition) is 6. The van der Waals surface area contributed by atoms with Gasteiger partial charge in [-0.05, 0) is 69.0 Å². The summed E-state index contributed by atoms with van der Waals surface area (Å²) in [5.41, 5.74) is 2.56. The van der Waals surface area contributed by atoms with Crippen molar-refractivity contribution in [3.05, 3.63) is 58.4 Å². The minimum Gasteiger partial charge on any atom is -0.422 e. The van der Waals surface area contributed by atoms with Gasteiger partial charge in [-0.1, -0.05) is 12.1 Å². The summed E-state index contributed by atoms with van der Waals surface area (Å²) in [6, 6.07) is 10.2. The molecule has 1 saturated heterocycles. The van der Waals surface area contributed by atoms with E-state index in [0.717, 1.165) is 22.5 Å². The number of rotatable bonds is 9. The quantitative estimate of drug-likeness (QED) is 0.193. The molecule has 2 aromatic rings. The number of esters is 1. The van der Waals surface area contributed by atoms with Gasteiger partial charge in [-0.25, -0.2) is 9.59 Å². The summed E-state index contributed by atoms with van der Waals surface area (Å²) in [4.78, 5) is 35.9. The molecule has 0 aliphatic carbocycles. The second kappa shape index (κ2) is 10.4. The Hall–Kier alpha value is -3.90. The lowest BCUT2D eigenvalue weighted by Crippen LogP contribution is -2.43. The van der Waals surface area contributed by atoms with Crippen LogP contribution in [0.3, 0.4) is 0 Å². The number of ether oxygens (including phenoxy) is 2. The molecule has 3 rings (SSSR count). The first-order valence-corrected chi connectivity index (χ1v) is 10.9. The second-order valence-corrected chi connectivity index (χ2v) is 8.41. The van der Waals surface area contributed by atoms with Crippen LogP contribution in [-0.2, 0) is 27.3 Å². The molecule has 1 atom stereocenters. The molecule has 9 heteroatoms. The third-order valence-electron chi connectivity index (χ3n) is 5.94. The fraction of sp³-hybridized carbons (Fsp3) is 0.360. The maximum absolute atomic E-state index is 12.6. The summed E-state index contributed by atoms with van der Waals surface area (Å²) in [7, 11) is 1.64. The van der Waals surface area contributed by atoms with E-state index in [4.69, 9.17) is 9.47 Å². The average Bonchev–Trinajstić information content (AvgIpc) is 3.22. The Bertz CT molecular complexity index is 1170. The number of benzene rings is 1. The number of carbonyl (C=O) groups is 3. The highest BCUT2D eigenvalue weighted by atomic mass is 16.5. The molecule has 9 nitrogen and oxygen atoms in total. The van der Waals surface area contributed by atoms with Crippen LogP contribution in [0, 0.1) is 25.2 Å². The molecule has 0 bridgehead atoms. The number of urea groups is 1. The monoisotopic (exact) mass is 464 g/mol. The molecule has 1 unspecified atom stereocenters. The number of methoxy groups -OCH3 is 1. The highest BCUT2D eigenvalue weighted by Gasteiger charge is 2.41. The Morgan fingerprint density at radius 3 is 2.53 bits per heavy atom. The lowest BCUT2D eigenvalue weighted by atomic mass is 9.93. The summed E-state index contributed by atoms with van der Waals surface area (Å²) in [6.45, 7) is 6.79. The molecule has 0 radical (unpaired) electrons. The van der Waals surface area contributed by atoms with Gasteiger partial charge in [0.1, 0.15) is 22.9 Å². The lowest BCUT2D eigenvalue weighted by molar-refractivity contribution is -0.129. The van der Waals surface area contributed by atoms with E-state index in [9.17, 15) is 19.6 Å². The zero-order valence-electron chi connectivity index (χ0n) is 19.7. The van der Waals surface area contributed by atoms with Gasteiger partial charge in [-0.3, -0.25) is 10.1 Å². The largest absolute Gasteiger partial charge is 0.422 e. The van der Waals surface area contributed by atoms with Crippen molar-refractivity contribution in [1.82, 2.24) is 15.2 Å². The van der Waals surface area contributed by atoms with Gasteiger partial charge < -0.3 is 19.4 Å². The third kappa shape index (κ3) is 5.53. The molecule has 1 fully saturated rings. The number of amides is 3. The molecule has 2 N–H and O–H groups in total. The van der Waals surface area contributed by atoms with Crippen molar-refractivity contribution < 1.29 is 23.9 Å². The van der Waals surface area contributed by atoms with Crippen LogP contribution >= 0.6 is 0 Å². The molecular weight excluding hydrogens is 436 g/mol. The first kappa shape index (κ1) is 24.7. The van der Waals surface area contributed by atoms with Gasteiger partial charge in [-0.2, -0.15) is 5.26 Å². The van der Waals surface area contributed by atoms with Crippen LogP contribution in [0.15, 0.2) is 35.9 Å². The molecule has 1 aromatic heterocycles. The Morgan fingerprint density at radius 2 is 1.94 bits per heavy atom. The van der Waals surface area contributed by atoms with E-state index in [0.29, 0.717) is 31.7 Å². The van der Waals surface area contributed by atoms with Crippen molar-refractivity contribution in [3.63, 3.8) is 0 Å². The summed E-state index contributed by atoms with van der Waals surface area (Å²) in [5, 5.41) is 14.4. The van der Waals surface area contributed by atoms with Gasteiger partial charge in [0.05, 0.1) is 6.61 Å².